The largest absolute Gasteiger partial charge is 0.379 e. The fraction of sp³-hybridized carbons (Fsp3) is 0.800. The first-order valence-electron chi connectivity index (χ1n) is 2.51. The van der Waals surface area contributed by atoms with Gasteiger partial charge in [-0.3, -0.25) is 0 Å². The number of rotatable bonds is 0. The molecule has 1 heterocycles. The molecule has 2 nitrogen and oxygen atoms in total. The highest BCUT2D eigenvalue weighted by molar-refractivity contribution is 4.51. The summed E-state index contributed by atoms with van der Waals surface area (Å²) >= 11 is 0. The first-order valence-corrected chi connectivity index (χ1v) is 2.51. The van der Waals surface area contributed by atoms with E-state index in [1.165, 1.54) is 0 Å². The van der Waals surface area contributed by atoms with Crippen molar-refractivity contribution in [3.63, 3.8) is 0 Å². The summed E-state index contributed by atoms with van der Waals surface area (Å²) < 4.78 is 9.96. The minimum atomic E-state index is 0.653. The van der Waals surface area contributed by atoms with E-state index >= 15 is 0 Å². The Morgan fingerprint density at radius 1 is 1.29 bits per heavy atom. The molecule has 0 aromatic heterocycles. The Kier molecular flexibility index (Phi) is 2.17. The predicted octanol–water partition coefficient (Wildman–Crippen LogP) is 0.585. The molecule has 7 heavy (non-hydrogen) atoms. The SMILES string of the molecule is [CH]1COCCCO1. The van der Waals surface area contributed by atoms with E-state index in [0.29, 0.717) is 6.61 Å². The van der Waals surface area contributed by atoms with Crippen LogP contribution in [0.15, 0.2) is 0 Å². The zero-order chi connectivity index (χ0) is 4.95. The molecule has 0 N–H and O–H groups in total. The maximum Gasteiger partial charge on any atom is 0.109 e. The predicted molar refractivity (Wildman–Crippen MR) is 25.7 cm³/mol. The van der Waals surface area contributed by atoms with Gasteiger partial charge in [0.05, 0.1) is 6.61 Å². The summed E-state index contributed by atoms with van der Waals surface area (Å²) in [7, 11) is 0. The van der Waals surface area contributed by atoms with Crippen LogP contribution in [0.1, 0.15) is 6.42 Å². The third kappa shape index (κ3) is 1.90. The molecular weight excluding hydrogens is 92.1 g/mol. The van der Waals surface area contributed by atoms with Crippen LogP contribution in [-0.2, 0) is 9.47 Å². The average Bonchev–Trinajstić information content (AvgIpc) is 1.90. The molecule has 1 radical (unpaired) electrons. The van der Waals surface area contributed by atoms with Crippen molar-refractivity contribution in [2.75, 3.05) is 19.8 Å². The molecule has 1 aliphatic rings. The highest BCUT2D eigenvalue weighted by Gasteiger charge is 1.95. The second-order valence-electron chi connectivity index (χ2n) is 1.47. The van der Waals surface area contributed by atoms with Gasteiger partial charge in [-0.05, 0) is 6.42 Å². The zero-order valence-electron chi connectivity index (χ0n) is 4.22. The molecule has 0 amide bonds. The van der Waals surface area contributed by atoms with Gasteiger partial charge in [-0.15, -0.1) is 0 Å². The summed E-state index contributed by atoms with van der Waals surface area (Å²) in [5.41, 5.74) is 0. The smallest absolute Gasteiger partial charge is 0.109 e. The van der Waals surface area contributed by atoms with Gasteiger partial charge in [0.2, 0.25) is 0 Å². The van der Waals surface area contributed by atoms with E-state index in [4.69, 9.17) is 9.47 Å². The van der Waals surface area contributed by atoms with Crippen molar-refractivity contribution < 1.29 is 9.47 Å². The molecule has 1 rings (SSSR count). The molecule has 0 atom stereocenters. The van der Waals surface area contributed by atoms with E-state index < -0.39 is 0 Å². The van der Waals surface area contributed by atoms with Crippen LogP contribution in [0.3, 0.4) is 0 Å². The summed E-state index contributed by atoms with van der Waals surface area (Å²) in [6.45, 7) is 4.02. The van der Waals surface area contributed by atoms with E-state index in [1.54, 1.807) is 6.61 Å². The van der Waals surface area contributed by atoms with Gasteiger partial charge in [0, 0.05) is 13.2 Å². The normalized spacial score (nSPS) is 24.0. The third-order valence-electron chi connectivity index (χ3n) is 0.855. The van der Waals surface area contributed by atoms with Crippen LogP contribution >= 0.6 is 0 Å². The van der Waals surface area contributed by atoms with Crippen molar-refractivity contribution in [3.05, 3.63) is 6.61 Å². The van der Waals surface area contributed by atoms with Gasteiger partial charge in [0.15, 0.2) is 0 Å². The van der Waals surface area contributed by atoms with Crippen LogP contribution in [0.4, 0.5) is 0 Å². The van der Waals surface area contributed by atoms with E-state index in [0.717, 1.165) is 19.6 Å². The summed E-state index contributed by atoms with van der Waals surface area (Å²) in [5.74, 6) is 0. The molecule has 1 saturated heterocycles. The highest BCUT2D eigenvalue weighted by Crippen LogP contribution is 1.94. The summed E-state index contributed by atoms with van der Waals surface area (Å²) in [4.78, 5) is 0. The van der Waals surface area contributed by atoms with Crippen molar-refractivity contribution in [2.24, 2.45) is 0 Å². The quantitative estimate of drug-likeness (QED) is 0.444. The van der Waals surface area contributed by atoms with Crippen molar-refractivity contribution in [3.8, 4) is 0 Å². The topological polar surface area (TPSA) is 18.5 Å². The van der Waals surface area contributed by atoms with Crippen LogP contribution in [-0.4, -0.2) is 19.8 Å². The molecule has 0 spiro atoms. The second-order valence-corrected chi connectivity index (χ2v) is 1.47. The minimum absolute atomic E-state index is 0.653. The van der Waals surface area contributed by atoms with Crippen LogP contribution < -0.4 is 0 Å². The lowest BCUT2D eigenvalue weighted by Crippen LogP contribution is -1.90. The van der Waals surface area contributed by atoms with Crippen LogP contribution in [0, 0.1) is 6.61 Å². The van der Waals surface area contributed by atoms with Crippen LogP contribution in [0.5, 0.6) is 0 Å². The Bertz CT molecular complexity index is 25.7. The maximum absolute atomic E-state index is 5.01. The Labute approximate surface area is 43.4 Å². The van der Waals surface area contributed by atoms with Gasteiger partial charge < -0.3 is 9.47 Å². The monoisotopic (exact) mass is 101 g/mol. The van der Waals surface area contributed by atoms with E-state index in [9.17, 15) is 0 Å². The summed E-state index contributed by atoms with van der Waals surface area (Å²) in [6, 6.07) is 0. The van der Waals surface area contributed by atoms with Gasteiger partial charge in [-0.1, -0.05) is 0 Å². The van der Waals surface area contributed by atoms with Gasteiger partial charge >= 0.3 is 0 Å². The maximum atomic E-state index is 5.01. The minimum Gasteiger partial charge on any atom is -0.379 e. The van der Waals surface area contributed by atoms with Crippen LogP contribution in [0.2, 0.25) is 0 Å². The van der Waals surface area contributed by atoms with Gasteiger partial charge in [-0.2, -0.15) is 0 Å². The number of hydrogen-bond donors (Lipinski definition) is 0. The van der Waals surface area contributed by atoms with E-state index in [2.05, 4.69) is 0 Å². The van der Waals surface area contributed by atoms with Gasteiger partial charge in [0.1, 0.15) is 6.61 Å². The Morgan fingerprint density at radius 2 is 2.29 bits per heavy atom. The number of ether oxygens (including phenoxy) is 2. The molecule has 0 aromatic rings. The highest BCUT2D eigenvalue weighted by atomic mass is 16.5. The van der Waals surface area contributed by atoms with Crippen molar-refractivity contribution in [1.82, 2.24) is 0 Å². The summed E-state index contributed by atoms with van der Waals surface area (Å²) in [6.07, 6.45) is 1.02. The van der Waals surface area contributed by atoms with E-state index in [1.807, 2.05) is 0 Å². The molecular formula is C5H9O2. The van der Waals surface area contributed by atoms with Crippen molar-refractivity contribution >= 4 is 0 Å². The molecule has 0 bridgehead atoms. The lowest BCUT2D eigenvalue weighted by atomic mass is 10.5. The Balaban J connectivity index is 2.04. The fourth-order valence-electron chi connectivity index (χ4n) is 0.507. The molecule has 0 saturated carbocycles. The van der Waals surface area contributed by atoms with Gasteiger partial charge in [0.25, 0.3) is 0 Å². The molecule has 0 aromatic carbocycles. The lowest BCUT2D eigenvalue weighted by molar-refractivity contribution is 0.146. The zero-order valence-corrected chi connectivity index (χ0v) is 4.22. The second kappa shape index (κ2) is 2.99. The average molecular weight is 101 g/mol. The molecule has 2 heteroatoms. The first-order chi connectivity index (χ1) is 3.50. The molecule has 0 aliphatic carbocycles. The van der Waals surface area contributed by atoms with Crippen molar-refractivity contribution in [2.45, 2.75) is 6.42 Å². The molecule has 1 aliphatic heterocycles. The first kappa shape index (κ1) is 5.06. The molecule has 41 valence electrons. The summed E-state index contributed by atoms with van der Waals surface area (Å²) in [5, 5.41) is 0. The fourth-order valence-corrected chi connectivity index (χ4v) is 0.507. The standard InChI is InChI=1S/C5H9O2/c1-2-6-4-5-7-3-1/h4H,1-3,5H2. The molecule has 1 fully saturated rings. The van der Waals surface area contributed by atoms with Crippen LogP contribution in [0.25, 0.3) is 0 Å². The molecule has 0 unspecified atom stereocenters. The Hall–Kier alpha value is -0.0800. The Morgan fingerprint density at radius 3 is 3.29 bits per heavy atom. The lowest BCUT2D eigenvalue weighted by Gasteiger charge is -1.90. The van der Waals surface area contributed by atoms with E-state index in [-0.39, 0.29) is 0 Å². The number of hydrogen-bond acceptors (Lipinski definition) is 2. The van der Waals surface area contributed by atoms with Crippen molar-refractivity contribution in [1.29, 1.82) is 0 Å². The third-order valence-corrected chi connectivity index (χ3v) is 0.855. The van der Waals surface area contributed by atoms with Gasteiger partial charge in [-0.25, -0.2) is 0 Å².